The normalized spacial score (nSPS) is 27.4. The van der Waals surface area contributed by atoms with E-state index in [2.05, 4.69) is 4.90 Å². The molecule has 0 aromatic heterocycles. The molecule has 0 spiro atoms. The van der Waals surface area contributed by atoms with Gasteiger partial charge in [0, 0.05) is 30.8 Å². The van der Waals surface area contributed by atoms with E-state index in [0.29, 0.717) is 12.2 Å². The lowest BCUT2D eigenvalue weighted by Gasteiger charge is -2.48. The number of ketones is 1. The zero-order valence-electron chi connectivity index (χ0n) is 9.35. The number of morpholine rings is 1. The molecule has 0 aliphatic carbocycles. The number of rotatable bonds is 2. The van der Waals surface area contributed by atoms with Crippen molar-refractivity contribution in [1.29, 1.82) is 0 Å². The summed E-state index contributed by atoms with van der Waals surface area (Å²) in [6.07, 6.45) is 1.93. The first-order valence-corrected chi connectivity index (χ1v) is 5.74. The Balaban J connectivity index is 1.91. The van der Waals surface area contributed by atoms with Crippen LogP contribution < -0.4 is 4.90 Å². The van der Waals surface area contributed by atoms with Crippen LogP contribution in [0.2, 0.25) is 0 Å². The van der Waals surface area contributed by atoms with Crippen molar-refractivity contribution in [2.45, 2.75) is 25.6 Å². The molecule has 3 heterocycles. The van der Waals surface area contributed by atoms with Gasteiger partial charge in [0.1, 0.15) is 0 Å². The Kier molecular flexibility index (Phi) is 2.21. The summed E-state index contributed by atoms with van der Waals surface area (Å²) in [5, 5.41) is 0. The summed E-state index contributed by atoms with van der Waals surface area (Å²) in [5.41, 5.74) is 1.89. The lowest BCUT2D eigenvalue weighted by molar-refractivity contribution is -0.133. The summed E-state index contributed by atoms with van der Waals surface area (Å²) >= 11 is 0. The summed E-state index contributed by atoms with van der Waals surface area (Å²) in [6, 6.07) is 7.84. The molecule has 2 bridgehead atoms. The van der Waals surface area contributed by atoms with Crippen molar-refractivity contribution in [3.63, 3.8) is 0 Å². The number of para-hydroxylation sites is 1. The van der Waals surface area contributed by atoms with Gasteiger partial charge in [-0.05, 0) is 19.1 Å². The molecular weight excluding hydrogens is 202 g/mol. The van der Waals surface area contributed by atoms with Crippen molar-refractivity contribution in [3.8, 4) is 0 Å². The molecular formula is C13H15NO2. The van der Waals surface area contributed by atoms with Gasteiger partial charge in [0.2, 0.25) is 0 Å². The summed E-state index contributed by atoms with van der Waals surface area (Å²) < 4.78 is 5.60. The zero-order chi connectivity index (χ0) is 11.1. The Hall–Kier alpha value is -1.35. The first-order chi connectivity index (χ1) is 7.74. The number of ether oxygens (including phenoxy) is 1. The maximum Gasteiger partial charge on any atom is 0.161 e. The molecule has 1 aromatic carbocycles. The largest absolute Gasteiger partial charge is 0.371 e. The Labute approximate surface area is 95.0 Å². The van der Waals surface area contributed by atoms with Crippen molar-refractivity contribution < 1.29 is 9.53 Å². The molecule has 16 heavy (non-hydrogen) atoms. The first-order valence-electron chi connectivity index (χ1n) is 5.74. The average Bonchev–Trinajstić information content (AvgIpc) is 2.28. The van der Waals surface area contributed by atoms with Crippen LogP contribution in [0.4, 0.5) is 5.69 Å². The summed E-state index contributed by atoms with van der Waals surface area (Å²) in [6.45, 7) is 3.46. The molecule has 0 N–H and O–H groups in total. The van der Waals surface area contributed by atoms with Crippen LogP contribution in [0.15, 0.2) is 24.3 Å². The minimum absolute atomic E-state index is 0.135. The van der Waals surface area contributed by atoms with Crippen molar-refractivity contribution in [3.05, 3.63) is 29.8 Å². The molecule has 2 unspecified atom stereocenters. The fourth-order valence-electron chi connectivity index (χ4n) is 2.60. The van der Waals surface area contributed by atoms with E-state index in [9.17, 15) is 4.79 Å². The summed E-state index contributed by atoms with van der Waals surface area (Å²) in [7, 11) is 0. The standard InChI is InChI=1S/C13H15NO2/c1-9(15)12-4-2-3-5-13(12)14-7-10-6-11(8-14)16-10/h2-5,10-11H,6-8H2,1H3. The predicted molar refractivity (Wildman–Crippen MR) is 61.9 cm³/mol. The molecule has 3 saturated heterocycles. The highest BCUT2D eigenvalue weighted by Gasteiger charge is 2.38. The molecule has 1 aromatic rings. The van der Waals surface area contributed by atoms with Gasteiger partial charge in [-0.3, -0.25) is 4.79 Å². The maximum atomic E-state index is 11.5. The molecule has 3 nitrogen and oxygen atoms in total. The van der Waals surface area contributed by atoms with Crippen LogP contribution in [0.3, 0.4) is 0 Å². The van der Waals surface area contributed by atoms with Crippen molar-refractivity contribution >= 4 is 11.5 Å². The second kappa shape index (κ2) is 3.59. The molecule has 84 valence electrons. The van der Waals surface area contributed by atoms with E-state index < -0.39 is 0 Å². The van der Waals surface area contributed by atoms with Gasteiger partial charge in [0.05, 0.1) is 12.2 Å². The Morgan fingerprint density at radius 3 is 2.56 bits per heavy atom. The molecule has 3 heteroatoms. The van der Waals surface area contributed by atoms with E-state index in [0.717, 1.165) is 24.3 Å². The quantitative estimate of drug-likeness (QED) is 0.708. The Bertz CT molecular complexity index is 414. The number of fused-ring (bicyclic) bond motifs is 2. The van der Waals surface area contributed by atoms with Gasteiger partial charge in [-0.25, -0.2) is 0 Å². The van der Waals surface area contributed by atoms with Gasteiger partial charge in [-0.1, -0.05) is 12.1 Å². The minimum Gasteiger partial charge on any atom is -0.371 e. The third kappa shape index (κ3) is 1.52. The fourth-order valence-corrected chi connectivity index (χ4v) is 2.60. The van der Waals surface area contributed by atoms with Crippen molar-refractivity contribution in [2.24, 2.45) is 0 Å². The van der Waals surface area contributed by atoms with Gasteiger partial charge < -0.3 is 9.64 Å². The molecule has 0 saturated carbocycles. The van der Waals surface area contributed by atoms with Crippen LogP contribution in [0.25, 0.3) is 0 Å². The molecule has 3 fully saturated rings. The predicted octanol–water partition coefficient (Wildman–Crippen LogP) is 1.87. The average molecular weight is 217 g/mol. The van der Waals surface area contributed by atoms with Gasteiger partial charge in [0.25, 0.3) is 0 Å². The van der Waals surface area contributed by atoms with Gasteiger partial charge >= 0.3 is 0 Å². The van der Waals surface area contributed by atoms with Crippen LogP contribution in [0, 0.1) is 0 Å². The number of Topliss-reactive ketones (excluding diaryl/α,β-unsaturated/α-hetero) is 1. The molecule has 3 aliphatic rings. The maximum absolute atomic E-state index is 11.5. The first kappa shape index (κ1) is 9.85. The number of carbonyl (C=O) groups is 1. The van der Waals surface area contributed by atoms with Crippen LogP contribution in [0.1, 0.15) is 23.7 Å². The van der Waals surface area contributed by atoms with E-state index in [1.165, 1.54) is 6.42 Å². The molecule has 0 radical (unpaired) electrons. The highest BCUT2D eigenvalue weighted by molar-refractivity contribution is 5.99. The van der Waals surface area contributed by atoms with Crippen molar-refractivity contribution in [1.82, 2.24) is 0 Å². The lowest BCUT2D eigenvalue weighted by Crippen LogP contribution is -2.57. The molecule has 4 rings (SSSR count). The number of benzene rings is 1. The van der Waals surface area contributed by atoms with Gasteiger partial charge in [0.15, 0.2) is 5.78 Å². The highest BCUT2D eigenvalue weighted by atomic mass is 16.5. The van der Waals surface area contributed by atoms with Gasteiger partial charge in [-0.2, -0.15) is 0 Å². The third-order valence-electron chi connectivity index (χ3n) is 3.38. The number of anilines is 1. The van der Waals surface area contributed by atoms with Crippen LogP contribution in [-0.2, 0) is 4.74 Å². The number of hydrogen-bond acceptors (Lipinski definition) is 3. The summed E-state index contributed by atoms with van der Waals surface area (Å²) in [5.74, 6) is 0.135. The van der Waals surface area contributed by atoms with E-state index in [4.69, 9.17) is 4.74 Å². The number of nitrogens with zero attached hydrogens (tertiary/aromatic N) is 1. The highest BCUT2D eigenvalue weighted by Crippen LogP contribution is 2.32. The molecule has 3 aliphatic heterocycles. The number of carbonyl (C=O) groups excluding carboxylic acids is 1. The fraction of sp³-hybridized carbons (Fsp3) is 0.462. The van der Waals surface area contributed by atoms with E-state index >= 15 is 0 Å². The SMILES string of the molecule is CC(=O)c1ccccc1N1CC2CC(C1)O2. The van der Waals surface area contributed by atoms with Crippen molar-refractivity contribution in [2.75, 3.05) is 18.0 Å². The smallest absolute Gasteiger partial charge is 0.161 e. The molecule has 2 atom stereocenters. The van der Waals surface area contributed by atoms with E-state index in [-0.39, 0.29) is 5.78 Å². The summed E-state index contributed by atoms with van der Waals surface area (Å²) in [4.78, 5) is 13.8. The number of piperidine rings is 1. The van der Waals surface area contributed by atoms with E-state index in [1.807, 2.05) is 24.3 Å². The second-order valence-corrected chi connectivity index (χ2v) is 4.59. The third-order valence-corrected chi connectivity index (χ3v) is 3.38. The lowest BCUT2D eigenvalue weighted by atomic mass is 9.97. The Morgan fingerprint density at radius 1 is 1.31 bits per heavy atom. The van der Waals surface area contributed by atoms with Crippen LogP contribution in [-0.4, -0.2) is 31.1 Å². The van der Waals surface area contributed by atoms with Crippen LogP contribution >= 0.6 is 0 Å². The van der Waals surface area contributed by atoms with Crippen LogP contribution in [0.5, 0.6) is 0 Å². The Morgan fingerprint density at radius 2 is 1.94 bits per heavy atom. The number of hydrogen-bond donors (Lipinski definition) is 0. The topological polar surface area (TPSA) is 29.5 Å². The molecule has 0 amide bonds. The minimum atomic E-state index is 0.135. The second-order valence-electron chi connectivity index (χ2n) is 4.59. The van der Waals surface area contributed by atoms with Gasteiger partial charge in [-0.15, -0.1) is 0 Å². The zero-order valence-corrected chi connectivity index (χ0v) is 9.35. The monoisotopic (exact) mass is 217 g/mol. The van der Waals surface area contributed by atoms with E-state index in [1.54, 1.807) is 6.92 Å².